The van der Waals surface area contributed by atoms with Crippen molar-refractivity contribution in [2.45, 2.75) is 71.3 Å². The monoisotopic (exact) mass is 305 g/mol. The summed E-state index contributed by atoms with van der Waals surface area (Å²) >= 11 is 0. The Hall–Kier alpha value is -1.34. The fraction of sp³-hybridized carbons (Fsp3) is 0.857. The third kappa shape index (κ3) is 12.1. The molecule has 2 atom stereocenters. The van der Waals surface area contributed by atoms with Gasteiger partial charge in [-0.3, -0.25) is 4.79 Å². The van der Waals surface area contributed by atoms with Crippen LogP contribution >= 0.6 is 0 Å². The molecule has 0 aromatic heterocycles. The van der Waals surface area contributed by atoms with Gasteiger partial charge >= 0.3 is 12.1 Å². The van der Waals surface area contributed by atoms with E-state index in [0.717, 1.165) is 0 Å². The van der Waals surface area contributed by atoms with Gasteiger partial charge in [0, 0.05) is 6.04 Å². The van der Waals surface area contributed by atoms with Crippen LogP contribution in [0.15, 0.2) is 0 Å². The Morgan fingerprint density at radius 3 is 1.90 bits per heavy atom. The van der Waals surface area contributed by atoms with Crippen molar-refractivity contribution in [2.75, 3.05) is 0 Å². The summed E-state index contributed by atoms with van der Waals surface area (Å²) in [6, 6.07) is -0.0732. The molecule has 0 unspecified atom stereocenters. The van der Waals surface area contributed by atoms with Gasteiger partial charge in [0.15, 0.2) is 5.79 Å². The quantitative estimate of drug-likeness (QED) is 0.574. The van der Waals surface area contributed by atoms with E-state index in [1.165, 1.54) is 13.8 Å². The maximum absolute atomic E-state index is 11.4. The first-order valence-electron chi connectivity index (χ1n) is 6.95. The summed E-state index contributed by atoms with van der Waals surface area (Å²) in [6.07, 6.45) is 1.35. The molecule has 0 bridgehead atoms. The van der Waals surface area contributed by atoms with Crippen molar-refractivity contribution >= 4 is 12.1 Å². The fourth-order valence-electron chi connectivity index (χ4n) is 1.81. The molecule has 1 aliphatic carbocycles. The van der Waals surface area contributed by atoms with Crippen LogP contribution in [0.4, 0.5) is 4.79 Å². The Morgan fingerprint density at radius 2 is 1.57 bits per heavy atom. The number of carboxylic acids is 1. The van der Waals surface area contributed by atoms with Crippen LogP contribution in [0, 0.1) is 5.92 Å². The summed E-state index contributed by atoms with van der Waals surface area (Å²) < 4.78 is 5.10. The highest BCUT2D eigenvalue weighted by Gasteiger charge is 2.31. The Balaban J connectivity index is 0.000000690. The van der Waals surface area contributed by atoms with E-state index in [1.54, 1.807) is 20.8 Å². The standard InChI is InChI=1S/C11H19NO4.C3H8O2/c1-11(2,3)16-10(15)12-8-5-4-7(6-8)9(13)14;1-3(2,4)5/h7-8H,4-6H2,1-3H3,(H,12,15)(H,13,14);4-5H,1-2H3/t7-,8+;/m1./s1. The highest BCUT2D eigenvalue weighted by Crippen LogP contribution is 2.25. The second-order valence-electron chi connectivity index (χ2n) is 6.69. The van der Waals surface area contributed by atoms with E-state index in [9.17, 15) is 9.59 Å². The first kappa shape index (κ1) is 19.7. The first-order chi connectivity index (χ1) is 9.28. The Labute approximate surface area is 125 Å². The summed E-state index contributed by atoms with van der Waals surface area (Å²) in [6.45, 7) is 7.98. The molecule has 0 aliphatic heterocycles. The summed E-state index contributed by atoms with van der Waals surface area (Å²) in [7, 11) is 0. The number of hydrogen-bond donors (Lipinski definition) is 4. The molecule has 4 N–H and O–H groups in total. The van der Waals surface area contributed by atoms with Crippen LogP contribution in [0.3, 0.4) is 0 Å². The smallest absolute Gasteiger partial charge is 0.407 e. The zero-order chi connectivity index (χ0) is 16.8. The maximum Gasteiger partial charge on any atom is 0.407 e. The van der Waals surface area contributed by atoms with Crippen molar-refractivity contribution < 1.29 is 29.6 Å². The minimum Gasteiger partial charge on any atom is -0.481 e. The van der Waals surface area contributed by atoms with Gasteiger partial charge in [-0.1, -0.05) is 0 Å². The third-order valence-corrected chi connectivity index (χ3v) is 2.50. The van der Waals surface area contributed by atoms with Gasteiger partial charge in [0.05, 0.1) is 5.92 Å². The van der Waals surface area contributed by atoms with Crippen molar-refractivity contribution in [1.82, 2.24) is 5.32 Å². The molecular formula is C14H27NO6. The predicted octanol–water partition coefficient (Wildman–Crippen LogP) is 1.47. The van der Waals surface area contributed by atoms with Gasteiger partial charge in [-0.25, -0.2) is 4.79 Å². The number of nitrogens with one attached hydrogen (secondary N) is 1. The van der Waals surface area contributed by atoms with Crippen LogP contribution in [0.25, 0.3) is 0 Å². The van der Waals surface area contributed by atoms with Gasteiger partial charge in [0.1, 0.15) is 5.60 Å². The largest absolute Gasteiger partial charge is 0.481 e. The topological polar surface area (TPSA) is 116 Å². The van der Waals surface area contributed by atoms with Gasteiger partial charge < -0.3 is 25.4 Å². The van der Waals surface area contributed by atoms with Gasteiger partial charge in [0.2, 0.25) is 0 Å². The van der Waals surface area contributed by atoms with E-state index in [4.69, 9.17) is 20.1 Å². The summed E-state index contributed by atoms with van der Waals surface area (Å²) in [5, 5.41) is 27.7. The summed E-state index contributed by atoms with van der Waals surface area (Å²) in [5.74, 6) is -2.62. The zero-order valence-electron chi connectivity index (χ0n) is 13.3. The normalized spacial score (nSPS) is 22.0. The molecule has 21 heavy (non-hydrogen) atoms. The molecule has 0 heterocycles. The van der Waals surface area contributed by atoms with E-state index in [2.05, 4.69) is 5.32 Å². The molecular weight excluding hydrogens is 278 g/mol. The van der Waals surface area contributed by atoms with Crippen LogP contribution in [0.5, 0.6) is 0 Å². The molecule has 0 spiro atoms. The number of aliphatic hydroxyl groups is 2. The molecule has 0 aromatic rings. The predicted molar refractivity (Wildman–Crippen MR) is 76.7 cm³/mol. The highest BCUT2D eigenvalue weighted by molar-refractivity contribution is 5.71. The number of alkyl carbamates (subject to hydrolysis) is 1. The second-order valence-corrected chi connectivity index (χ2v) is 6.69. The van der Waals surface area contributed by atoms with E-state index in [1.807, 2.05) is 0 Å². The molecule has 7 nitrogen and oxygen atoms in total. The fourth-order valence-corrected chi connectivity index (χ4v) is 1.81. The van der Waals surface area contributed by atoms with Crippen molar-refractivity contribution in [3.8, 4) is 0 Å². The average molecular weight is 305 g/mol. The SMILES string of the molecule is CC(C)(C)OC(=O)N[C@H]1CC[C@@H](C(=O)O)C1.CC(C)(O)O. The van der Waals surface area contributed by atoms with Gasteiger partial charge in [-0.05, 0) is 53.9 Å². The Morgan fingerprint density at radius 1 is 1.10 bits per heavy atom. The Bertz CT molecular complexity index is 349. The van der Waals surface area contributed by atoms with E-state index >= 15 is 0 Å². The molecule has 1 saturated carbocycles. The Kier molecular flexibility index (Phi) is 7.12. The summed E-state index contributed by atoms with van der Waals surface area (Å²) in [5.41, 5.74) is -0.519. The number of hydrogen-bond acceptors (Lipinski definition) is 5. The average Bonchev–Trinajstić information content (AvgIpc) is 2.59. The number of carboxylic acid groups (broad SMARTS) is 1. The molecule has 0 saturated heterocycles. The lowest BCUT2D eigenvalue weighted by Crippen LogP contribution is -2.38. The lowest BCUT2D eigenvalue weighted by atomic mass is 10.1. The molecule has 1 rings (SSSR count). The summed E-state index contributed by atoms with van der Waals surface area (Å²) in [4.78, 5) is 22.1. The number of aliphatic carboxylic acids is 1. The van der Waals surface area contributed by atoms with Crippen LogP contribution in [0.1, 0.15) is 53.9 Å². The number of rotatable bonds is 2. The van der Waals surface area contributed by atoms with E-state index < -0.39 is 23.5 Å². The number of ether oxygens (including phenoxy) is 1. The highest BCUT2D eigenvalue weighted by atomic mass is 16.6. The van der Waals surface area contributed by atoms with Crippen molar-refractivity contribution in [2.24, 2.45) is 5.92 Å². The number of amides is 1. The molecule has 1 aliphatic rings. The number of carbonyl (C=O) groups is 2. The maximum atomic E-state index is 11.4. The molecule has 0 aromatic carbocycles. The van der Waals surface area contributed by atoms with Crippen molar-refractivity contribution in [1.29, 1.82) is 0 Å². The minimum atomic E-state index is -1.50. The lowest BCUT2D eigenvalue weighted by Gasteiger charge is -2.21. The van der Waals surface area contributed by atoms with Crippen LogP contribution in [0.2, 0.25) is 0 Å². The van der Waals surface area contributed by atoms with Crippen molar-refractivity contribution in [3.05, 3.63) is 0 Å². The van der Waals surface area contributed by atoms with E-state index in [-0.39, 0.29) is 12.0 Å². The molecule has 1 amide bonds. The molecule has 1 fully saturated rings. The molecule has 0 radical (unpaired) electrons. The van der Waals surface area contributed by atoms with Gasteiger partial charge in [-0.15, -0.1) is 0 Å². The minimum absolute atomic E-state index is 0.0732. The van der Waals surface area contributed by atoms with Crippen LogP contribution < -0.4 is 5.32 Å². The number of carbonyl (C=O) groups excluding carboxylic acids is 1. The van der Waals surface area contributed by atoms with Gasteiger partial charge in [-0.2, -0.15) is 0 Å². The third-order valence-electron chi connectivity index (χ3n) is 2.50. The van der Waals surface area contributed by atoms with Crippen LogP contribution in [-0.2, 0) is 9.53 Å². The van der Waals surface area contributed by atoms with Crippen molar-refractivity contribution in [3.63, 3.8) is 0 Å². The zero-order valence-corrected chi connectivity index (χ0v) is 13.3. The van der Waals surface area contributed by atoms with Crippen LogP contribution in [-0.4, -0.2) is 44.8 Å². The van der Waals surface area contributed by atoms with E-state index in [0.29, 0.717) is 19.3 Å². The second kappa shape index (κ2) is 7.61. The lowest BCUT2D eigenvalue weighted by molar-refractivity contribution is -0.141. The van der Waals surface area contributed by atoms with Gasteiger partial charge in [0.25, 0.3) is 0 Å². The molecule has 7 heteroatoms. The first-order valence-corrected chi connectivity index (χ1v) is 6.95. The molecule has 124 valence electrons.